The molecule has 0 spiro atoms. The van der Waals surface area contributed by atoms with E-state index in [1.54, 1.807) is 10.9 Å². The molecule has 1 aliphatic carbocycles. The maximum Gasteiger partial charge on any atom is 0.407 e. The number of aliphatic hydroxyl groups excluding tert-OH is 2. The second-order valence-corrected chi connectivity index (χ2v) is 12.5. The molecule has 6 N–H and O–H groups in total. The fourth-order valence-electron chi connectivity index (χ4n) is 6.72. The van der Waals surface area contributed by atoms with Gasteiger partial charge in [0.1, 0.15) is 18.8 Å². The zero-order valence-corrected chi connectivity index (χ0v) is 26.5. The highest BCUT2D eigenvalue weighted by atomic mass is 16.5. The molecule has 1 saturated carbocycles. The number of alkyl carbamates (subject to hydrolysis) is 1. The number of nitrogens with zero attached hydrogens (tertiary/aromatic N) is 5. The Morgan fingerprint density at radius 3 is 2.25 bits per heavy atom. The van der Waals surface area contributed by atoms with Crippen LogP contribution in [0.2, 0.25) is 0 Å². The van der Waals surface area contributed by atoms with Gasteiger partial charge in [0.15, 0.2) is 17.0 Å². The smallest absolute Gasteiger partial charge is 0.407 e. The molecule has 2 aromatic heterocycles. The molecule has 5 aromatic rings. The lowest BCUT2D eigenvalue weighted by molar-refractivity contribution is 0.0136. The molecule has 0 unspecified atom stereocenters. The van der Waals surface area contributed by atoms with E-state index in [9.17, 15) is 15.0 Å². The van der Waals surface area contributed by atoms with Crippen LogP contribution in [0.15, 0.2) is 97.3 Å². The number of nitrogens with one attached hydrogen (secondary N) is 2. The average molecular weight is 649 g/mol. The molecule has 48 heavy (non-hydrogen) atoms. The second kappa shape index (κ2) is 14.0. The maximum absolute atomic E-state index is 12.6. The zero-order chi connectivity index (χ0) is 33.0. The first-order valence-electron chi connectivity index (χ1n) is 16.4. The molecule has 0 radical (unpaired) electrons. The summed E-state index contributed by atoms with van der Waals surface area (Å²) in [4.78, 5) is 29.3. The minimum atomic E-state index is -1.22. The molecular formula is C36H40N8O4. The van der Waals surface area contributed by atoms with Crippen LogP contribution in [0, 0.1) is 0 Å². The Morgan fingerprint density at radius 1 is 0.938 bits per heavy atom. The monoisotopic (exact) mass is 648 g/mol. The van der Waals surface area contributed by atoms with Gasteiger partial charge in [0.25, 0.3) is 0 Å². The molecule has 12 heteroatoms. The SMILES string of the molecule is N[C@@H]1CCN(c2nc(NCC(c3ccccc3)c3ccccc3)c3ncn([C@@H]4C[C@H](NC(=O)OCc5ccccc5)[C@@H](O)[C@H]4O)c3n2)C1. The van der Waals surface area contributed by atoms with E-state index in [4.69, 9.17) is 25.4 Å². The number of rotatable bonds is 10. The van der Waals surface area contributed by atoms with Gasteiger partial charge in [-0.15, -0.1) is 0 Å². The number of nitrogens with two attached hydrogens (primary N) is 1. The van der Waals surface area contributed by atoms with Crippen molar-refractivity contribution in [3.63, 3.8) is 0 Å². The average Bonchev–Trinajstić information content (AvgIpc) is 3.82. The largest absolute Gasteiger partial charge is 0.445 e. The highest BCUT2D eigenvalue weighted by Crippen LogP contribution is 2.35. The fourth-order valence-corrected chi connectivity index (χ4v) is 6.72. The van der Waals surface area contributed by atoms with Gasteiger partial charge in [0, 0.05) is 31.6 Å². The zero-order valence-electron chi connectivity index (χ0n) is 26.5. The number of fused-ring (bicyclic) bond motifs is 1. The number of imidazole rings is 1. The lowest BCUT2D eigenvalue weighted by Gasteiger charge is -2.22. The van der Waals surface area contributed by atoms with Gasteiger partial charge in [0.2, 0.25) is 5.95 Å². The Bertz CT molecular complexity index is 1780. The van der Waals surface area contributed by atoms with Crippen LogP contribution in [-0.4, -0.2) is 79.8 Å². The molecule has 12 nitrogen and oxygen atoms in total. The third-order valence-electron chi connectivity index (χ3n) is 9.32. The Hall–Kier alpha value is -5.04. The molecular weight excluding hydrogens is 608 g/mol. The van der Waals surface area contributed by atoms with Crippen LogP contribution in [0.25, 0.3) is 11.2 Å². The van der Waals surface area contributed by atoms with E-state index in [1.165, 1.54) is 11.1 Å². The van der Waals surface area contributed by atoms with Crippen molar-refractivity contribution in [3.8, 4) is 0 Å². The lowest BCUT2D eigenvalue weighted by Crippen LogP contribution is -2.43. The van der Waals surface area contributed by atoms with E-state index in [0.717, 1.165) is 18.5 Å². The molecule has 0 bridgehead atoms. The summed E-state index contributed by atoms with van der Waals surface area (Å²) in [5.41, 5.74) is 10.5. The van der Waals surface area contributed by atoms with E-state index in [0.29, 0.717) is 36.0 Å². The van der Waals surface area contributed by atoms with Crippen molar-refractivity contribution >= 4 is 29.0 Å². The summed E-state index contributed by atoms with van der Waals surface area (Å²) in [5.74, 6) is 1.13. The summed E-state index contributed by atoms with van der Waals surface area (Å²) < 4.78 is 7.15. The van der Waals surface area contributed by atoms with Gasteiger partial charge in [-0.3, -0.25) is 0 Å². The van der Waals surface area contributed by atoms with Crippen molar-refractivity contribution in [3.05, 3.63) is 114 Å². The number of amides is 1. The van der Waals surface area contributed by atoms with Crippen molar-refractivity contribution in [2.45, 2.75) is 55.7 Å². The van der Waals surface area contributed by atoms with Gasteiger partial charge >= 0.3 is 6.09 Å². The third-order valence-corrected chi connectivity index (χ3v) is 9.32. The second-order valence-electron chi connectivity index (χ2n) is 12.5. The van der Waals surface area contributed by atoms with Crippen molar-refractivity contribution in [1.29, 1.82) is 0 Å². The van der Waals surface area contributed by atoms with Gasteiger partial charge in [0.05, 0.1) is 18.4 Å². The highest BCUT2D eigenvalue weighted by molar-refractivity contribution is 5.84. The summed E-state index contributed by atoms with van der Waals surface area (Å²) >= 11 is 0. The molecule has 3 aromatic carbocycles. The Balaban J connectivity index is 1.16. The molecule has 5 atom stereocenters. The Kier molecular flexibility index (Phi) is 9.19. The molecule has 1 saturated heterocycles. The molecule has 2 fully saturated rings. The molecule has 3 heterocycles. The van der Waals surface area contributed by atoms with Crippen LogP contribution in [0.3, 0.4) is 0 Å². The first-order valence-corrected chi connectivity index (χ1v) is 16.4. The van der Waals surface area contributed by atoms with E-state index in [-0.39, 0.29) is 25.0 Å². The number of carbonyl (C=O) groups is 1. The predicted molar refractivity (Wildman–Crippen MR) is 183 cm³/mol. The number of hydrogen-bond donors (Lipinski definition) is 5. The van der Waals surface area contributed by atoms with Gasteiger partial charge in [-0.25, -0.2) is 9.78 Å². The highest BCUT2D eigenvalue weighted by Gasteiger charge is 2.44. The van der Waals surface area contributed by atoms with Crippen LogP contribution in [-0.2, 0) is 11.3 Å². The Labute approximate surface area is 278 Å². The Morgan fingerprint density at radius 2 is 1.60 bits per heavy atom. The molecule has 1 amide bonds. The standard InChI is InChI=1S/C36H40N8O4/c37-26-16-17-43(20-26)35-41-33(38-19-27(24-12-6-2-7-13-24)25-14-8-3-9-15-25)30-34(42-35)44(22-39-30)29-18-28(31(45)32(29)46)40-36(47)48-21-23-10-4-1-5-11-23/h1-15,22,26-29,31-32,45-46H,16-21,37H2,(H,40,47)(H,38,41,42)/t26-,28+,29-,31-,32+/m1/s1. The quantitative estimate of drug-likeness (QED) is 0.151. The van der Waals surface area contributed by atoms with Crippen molar-refractivity contribution in [1.82, 2.24) is 24.8 Å². The molecule has 7 rings (SSSR count). The van der Waals surface area contributed by atoms with Crippen LogP contribution in [0.1, 0.15) is 41.5 Å². The summed E-state index contributed by atoms with van der Waals surface area (Å²) in [7, 11) is 0. The summed E-state index contributed by atoms with van der Waals surface area (Å²) in [5, 5.41) is 28.5. The van der Waals surface area contributed by atoms with E-state index < -0.39 is 30.4 Å². The van der Waals surface area contributed by atoms with Crippen LogP contribution < -0.4 is 21.3 Å². The number of ether oxygens (including phenoxy) is 1. The molecule has 2 aliphatic rings. The lowest BCUT2D eigenvalue weighted by atomic mass is 9.91. The summed E-state index contributed by atoms with van der Waals surface area (Å²) in [6.45, 7) is 1.99. The first-order chi connectivity index (χ1) is 23.4. The number of anilines is 2. The van der Waals surface area contributed by atoms with Crippen molar-refractivity contribution in [2.24, 2.45) is 5.73 Å². The number of hydrogen-bond acceptors (Lipinski definition) is 10. The molecule has 1 aliphatic heterocycles. The number of aliphatic hydroxyl groups is 2. The minimum Gasteiger partial charge on any atom is -0.445 e. The number of benzene rings is 3. The van der Waals surface area contributed by atoms with E-state index >= 15 is 0 Å². The third kappa shape index (κ3) is 6.68. The summed E-state index contributed by atoms with van der Waals surface area (Å²) in [6, 6.07) is 28.7. The maximum atomic E-state index is 12.6. The number of carbonyl (C=O) groups excluding carboxylic acids is 1. The van der Waals surface area contributed by atoms with Gasteiger partial charge in [-0.1, -0.05) is 91.0 Å². The number of aromatic nitrogens is 4. The van der Waals surface area contributed by atoms with Crippen LogP contribution in [0.4, 0.5) is 16.6 Å². The predicted octanol–water partition coefficient (Wildman–Crippen LogP) is 3.57. The fraction of sp³-hybridized carbons (Fsp3) is 0.333. The van der Waals surface area contributed by atoms with Crippen LogP contribution >= 0.6 is 0 Å². The minimum absolute atomic E-state index is 0.0199. The summed E-state index contributed by atoms with van der Waals surface area (Å²) in [6.07, 6.45) is -0.377. The van der Waals surface area contributed by atoms with Crippen molar-refractivity contribution < 1.29 is 19.7 Å². The van der Waals surface area contributed by atoms with E-state index in [2.05, 4.69) is 39.8 Å². The first kappa shape index (κ1) is 31.6. The van der Waals surface area contributed by atoms with Crippen molar-refractivity contribution in [2.75, 3.05) is 29.9 Å². The van der Waals surface area contributed by atoms with Gasteiger partial charge < -0.3 is 40.8 Å². The topological polar surface area (TPSA) is 164 Å². The van der Waals surface area contributed by atoms with Gasteiger partial charge in [-0.05, 0) is 29.5 Å². The van der Waals surface area contributed by atoms with E-state index in [1.807, 2.05) is 66.7 Å². The van der Waals surface area contributed by atoms with Gasteiger partial charge in [-0.2, -0.15) is 9.97 Å². The molecule has 248 valence electrons. The van der Waals surface area contributed by atoms with Crippen LogP contribution in [0.5, 0.6) is 0 Å². The normalized spacial score (nSPS) is 22.3.